The van der Waals surface area contributed by atoms with Crippen LogP contribution >= 0.6 is 0 Å². The van der Waals surface area contributed by atoms with Gasteiger partial charge >= 0.3 is 0 Å². The average molecular weight is 282 g/mol. The highest BCUT2D eigenvalue weighted by atomic mass is 19.1. The number of nitrogens with zero attached hydrogens (tertiary/aromatic N) is 2. The third-order valence-corrected chi connectivity index (χ3v) is 3.71. The van der Waals surface area contributed by atoms with Crippen molar-refractivity contribution in [3.8, 4) is 0 Å². The van der Waals surface area contributed by atoms with Crippen LogP contribution in [0.2, 0.25) is 0 Å². The molecule has 0 atom stereocenters. The van der Waals surface area contributed by atoms with Crippen LogP contribution in [-0.2, 0) is 12.0 Å². The zero-order valence-corrected chi connectivity index (χ0v) is 12.6. The van der Waals surface area contributed by atoms with Crippen molar-refractivity contribution in [3.63, 3.8) is 0 Å². The van der Waals surface area contributed by atoms with Gasteiger partial charge in [0.2, 0.25) is 0 Å². The molecular weight excluding hydrogens is 263 g/mol. The summed E-state index contributed by atoms with van der Waals surface area (Å²) in [6.07, 6.45) is 3.98. The SMILES string of the molecule is CC(C)(C)c1cn(Cc2ccc(F)cc2)c2ncccc12. The normalized spacial score (nSPS) is 12.0. The lowest BCUT2D eigenvalue weighted by atomic mass is 9.87. The Kier molecular flexibility index (Phi) is 3.28. The van der Waals surface area contributed by atoms with E-state index in [4.69, 9.17) is 0 Å². The highest BCUT2D eigenvalue weighted by Crippen LogP contribution is 2.31. The summed E-state index contributed by atoms with van der Waals surface area (Å²) in [6, 6.07) is 10.7. The van der Waals surface area contributed by atoms with Gasteiger partial charge in [-0.05, 0) is 40.8 Å². The molecule has 3 aromatic rings. The molecule has 0 saturated heterocycles. The lowest BCUT2D eigenvalue weighted by Crippen LogP contribution is -2.10. The Hall–Kier alpha value is -2.16. The fourth-order valence-corrected chi connectivity index (χ4v) is 2.63. The van der Waals surface area contributed by atoms with Crippen molar-refractivity contribution >= 4 is 11.0 Å². The molecule has 1 aromatic carbocycles. The van der Waals surface area contributed by atoms with Gasteiger partial charge in [0.25, 0.3) is 0 Å². The second-order valence-corrected chi connectivity index (χ2v) is 6.42. The van der Waals surface area contributed by atoms with E-state index in [1.165, 1.54) is 23.1 Å². The van der Waals surface area contributed by atoms with E-state index in [1.807, 2.05) is 24.4 Å². The molecule has 0 aliphatic heterocycles. The molecule has 0 saturated carbocycles. The fourth-order valence-electron chi connectivity index (χ4n) is 2.63. The quantitative estimate of drug-likeness (QED) is 0.675. The minimum Gasteiger partial charge on any atom is -0.328 e. The van der Waals surface area contributed by atoms with E-state index in [0.29, 0.717) is 6.54 Å². The first-order chi connectivity index (χ1) is 9.95. The Morgan fingerprint density at radius 3 is 2.48 bits per heavy atom. The molecule has 0 spiro atoms. The third-order valence-electron chi connectivity index (χ3n) is 3.71. The van der Waals surface area contributed by atoms with E-state index in [0.717, 1.165) is 11.2 Å². The third kappa shape index (κ3) is 2.68. The molecule has 3 rings (SSSR count). The maximum absolute atomic E-state index is 13.0. The van der Waals surface area contributed by atoms with E-state index in [1.54, 1.807) is 0 Å². The van der Waals surface area contributed by atoms with Crippen LogP contribution in [0.15, 0.2) is 48.8 Å². The van der Waals surface area contributed by atoms with E-state index in [9.17, 15) is 4.39 Å². The Morgan fingerprint density at radius 2 is 1.81 bits per heavy atom. The number of hydrogen-bond acceptors (Lipinski definition) is 1. The predicted molar refractivity (Wildman–Crippen MR) is 83.9 cm³/mol. The number of aromatic nitrogens is 2. The van der Waals surface area contributed by atoms with E-state index < -0.39 is 0 Å². The molecule has 0 fully saturated rings. The van der Waals surface area contributed by atoms with Crippen LogP contribution in [0.1, 0.15) is 31.9 Å². The van der Waals surface area contributed by atoms with Gasteiger partial charge in [0.1, 0.15) is 11.5 Å². The topological polar surface area (TPSA) is 17.8 Å². The van der Waals surface area contributed by atoms with Gasteiger partial charge in [-0.15, -0.1) is 0 Å². The molecule has 0 amide bonds. The summed E-state index contributed by atoms with van der Waals surface area (Å²) in [6.45, 7) is 7.31. The first-order valence-corrected chi connectivity index (χ1v) is 7.14. The van der Waals surface area contributed by atoms with Gasteiger partial charge in [-0.2, -0.15) is 0 Å². The number of hydrogen-bond donors (Lipinski definition) is 0. The number of rotatable bonds is 2. The largest absolute Gasteiger partial charge is 0.328 e. The molecule has 2 aromatic heterocycles. The number of pyridine rings is 1. The van der Waals surface area contributed by atoms with Crippen LogP contribution < -0.4 is 0 Å². The van der Waals surface area contributed by atoms with Crippen molar-refractivity contribution in [1.29, 1.82) is 0 Å². The van der Waals surface area contributed by atoms with Crippen molar-refractivity contribution in [3.05, 3.63) is 65.7 Å². The molecular formula is C18H19FN2. The minimum absolute atomic E-state index is 0.0648. The van der Waals surface area contributed by atoms with Crippen molar-refractivity contribution in [2.75, 3.05) is 0 Å². The standard InChI is InChI=1S/C18H19FN2/c1-18(2,3)16-12-21(17-15(16)5-4-10-20-17)11-13-6-8-14(19)9-7-13/h4-10,12H,11H2,1-3H3. The summed E-state index contributed by atoms with van der Waals surface area (Å²) < 4.78 is 15.2. The Morgan fingerprint density at radius 1 is 1.10 bits per heavy atom. The van der Waals surface area contributed by atoms with Crippen LogP contribution in [0.3, 0.4) is 0 Å². The van der Waals surface area contributed by atoms with Crippen molar-refractivity contribution < 1.29 is 4.39 Å². The first-order valence-electron chi connectivity index (χ1n) is 7.14. The van der Waals surface area contributed by atoms with Gasteiger partial charge in [0.15, 0.2) is 0 Å². The summed E-state index contributed by atoms with van der Waals surface area (Å²) in [4.78, 5) is 4.52. The lowest BCUT2D eigenvalue weighted by Gasteiger charge is -2.17. The van der Waals surface area contributed by atoms with Crippen LogP contribution in [0, 0.1) is 5.82 Å². The van der Waals surface area contributed by atoms with Gasteiger partial charge in [0.05, 0.1) is 0 Å². The molecule has 3 heteroatoms. The summed E-state index contributed by atoms with van der Waals surface area (Å²) in [7, 11) is 0. The zero-order valence-electron chi connectivity index (χ0n) is 12.6. The zero-order chi connectivity index (χ0) is 15.0. The molecule has 2 heterocycles. The summed E-state index contributed by atoms with van der Waals surface area (Å²) in [5, 5.41) is 1.19. The van der Waals surface area contributed by atoms with Gasteiger partial charge in [-0.25, -0.2) is 9.37 Å². The molecule has 21 heavy (non-hydrogen) atoms. The van der Waals surface area contributed by atoms with Gasteiger partial charge < -0.3 is 4.57 Å². The summed E-state index contributed by atoms with van der Waals surface area (Å²) >= 11 is 0. The second kappa shape index (κ2) is 4.99. The maximum atomic E-state index is 13.0. The number of fused-ring (bicyclic) bond motifs is 1. The predicted octanol–water partition coefficient (Wildman–Crippen LogP) is 4.52. The number of benzene rings is 1. The number of halogens is 1. The molecule has 0 aliphatic rings. The smallest absolute Gasteiger partial charge is 0.140 e. The van der Waals surface area contributed by atoms with Crippen LogP contribution in [0.25, 0.3) is 11.0 Å². The summed E-state index contributed by atoms with van der Waals surface area (Å²) in [5.74, 6) is -0.204. The molecule has 0 radical (unpaired) electrons. The minimum atomic E-state index is -0.204. The van der Waals surface area contributed by atoms with Crippen molar-refractivity contribution in [2.24, 2.45) is 0 Å². The van der Waals surface area contributed by atoms with Gasteiger partial charge in [-0.1, -0.05) is 32.9 Å². The lowest BCUT2D eigenvalue weighted by molar-refractivity contribution is 0.592. The highest BCUT2D eigenvalue weighted by molar-refractivity contribution is 5.81. The molecule has 0 aliphatic carbocycles. The fraction of sp³-hybridized carbons (Fsp3) is 0.278. The Bertz CT molecular complexity index is 764. The van der Waals surface area contributed by atoms with E-state index in [-0.39, 0.29) is 11.2 Å². The molecule has 108 valence electrons. The molecule has 0 bridgehead atoms. The Labute approximate surface area is 124 Å². The van der Waals surface area contributed by atoms with Crippen LogP contribution in [0.5, 0.6) is 0 Å². The maximum Gasteiger partial charge on any atom is 0.140 e. The monoisotopic (exact) mass is 282 g/mol. The van der Waals surface area contributed by atoms with E-state index in [2.05, 4.69) is 42.6 Å². The van der Waals surface area contributed by atoms with Crippen LogP contribution in [-0.4, -0.2) is 9.55 Å². The Balaban J connectivity index is 2.08. The van der Waals surface area contributed by atoms with Crippen LogP contribution in [0.4, 0.5) is 4.39 Å². The second-order valence-electron chi connectivity index (χ2n) is 6.42. The van der Waals surface area contributed by atoms with Crippen molar-refractivity contribution in [1.82, 2.24) is 9.55 Å². The average Bonchev–Trinajstić information content (AvgIpc) is 2.81. The highest BCUT2D eigenvalue weighted by Gasteiger charge is 2.20. The van der Waals surface area contributed by atoms with Gasteiger partial charge in [0, 0.05) is 24.3 Å². The summed E-state index contributed by atoms with van der Waals surface area (Å²) in [5.41, 5.74) is 3.40. The van der Waals surface area contributed by atoms with Crippen molar-refractivity contribution in [2.45, 2.75) is 32.7 Å². The molecule has 2 nitrogen and oxygen atoms in total. The molecule has 0 N–H and O–H groups in total. The van der Waals surface area contributed by atoms with Gasteiger partial charge in [-0.3, -0.25) is 0 Å². The van der Waals surface area contributed by atoms with E-state index >= 15 is 0 Å². The first kappa shape index (κ1) is 13.8. The molecule has 0 unspecified atom stereocenters.